The third-order valence-electron chi connectivity index (χ3n) is 2.39. The standard InChI is InChI=1S/C14H29NO4/c1-6-12(2)11-18-10-9-17-8-7-15-13(16)19-14(3,4)5/h12H,6-11H2,1-5H3,(H,15,16). The zero-order valence-corrected chi connectivity index (χ0v) is 13.0. The van der Waals surface area contributed by atoms with Crippen molar-refractivity contribution in [3.63, 3.8) is 0 Å². The summed E-state index contributed by atoms with van der Waals surface area (Å²) in [5.74, 6) is 0.592. The fourth-order valence-corrected chi connectivity index (χ4v) is 1.16. The number of alkyl carbamates (subject to hydrolysis) is 1. The molecule has 0 aromatic carbocycles. The molecular weight excluding hydrogens is 246 g/mol. The van der Waals surface area contributed by atoms with Gasteiger partial charge in [-0.2, -0.15) is 0 Å². The highest BCUT2D eigenvalue weighted by Gasteiger charge is 2.15. The molecule has 0 aromatic heterocycles. The van der Waals surface area contributed by atoms with Crippen molar-refractivity contribution in [3.05, 3.63) is 0 Å². The van der Waals surface area contributed by atoms with Crippen LogP contribution in [0.1, 0.15) is 41.0 Å². The molecule has 0 rings (SSSR count). The number of carbonyl (C=O) groups excluding carboxylic acids is 1. The minimum absolute atomic E-state index is 0.413. The fraction of sp³-hybridized carbons (Fsp3) is 0.929. The van der Waals surface area contributed by atoms with E-state index in [4.69, 9.17) is 14.2 Å². The number of carbonyl (C=O) groups is 1. The van der Waals surface area contributed by atoms with Crippen LogP contribution in [0.15, 0.2) is 0 Å². The van der Waals surface area contributed by atoms with Crippen LogP contribution in [0.2, 0.25) is 0 Å². The van der Waals surface area contributed by atoms with Gasteiger partial charge in [0, 0.05) is 13.2 Å². The largest absolute Gasteiger partial charge is 0.444 e. The highest BCUT2D eigenvalue weighted by atomic mass is 16.6. The van der Waals surface area contributed by atoms with E-state index < -0.39 is 11.7 Å². The highest BCUT2D eigenvalue weighted by molar-refractivity contribution is 5.67. The maximum atomic E-state index is 11.3. The van der Waals surface area contributed by atoms with Crippen molar-refractivity contribution in [2.75, 3.05) is 33.0 Å². The van der Waals surface area contributed by atoms with Crippen LogP contribution in [0.25, 0.3) is 0 Å². The summed E-state index contributed by atoms with van der Waals surface area (Å²) in [6.45, 7) is 12.6. The van der Waals surface area contributed by atoms with E-state index in [1.54, 1.807) is 0 Å². The molecule has 0 heterocycles. The molecule has 114 valence electrons. The first kappa shape index (κ1) is 18.2. The molecule has 1 atom stereocenters. The molecule has 5 nitrogen and oxygen atoms in total. The summed E-state index contributed by atoms with van der Waals surface area (Å²) in [7, 11) is 0. The second-order valence-corrected chi connectivity index (χ2v) is 5.63. The number of hydrogen-bond donors (Lipinski definition) is 1. The number of rotatable bonds is 9. The van der Waals surface area contributed by atoms with Gasteiger partial charge in [-0.3, -0.25) is 0 Å². The summed E-state index contributed by atoms with van der Waals surface area (Å²) in [6, 6.07) is 0. The van der Waals surface area contributed by atoms with Crippen LogP contribution in [0.5, 0.6) is 0 Å². The van der Waals surface area contributed by atoms with Gasteiger partial charge in [0.05, 0.1) is 19.8 Å². The van der Waals surface area contributed by atoms with E-state index in [0.29, 0.717) is 32.3 Å². The lowest BCUT2D eigenvalue weighted by molar-refractivity contribution is 0.0318. The predicted octanol–water partition coefficient (Wildman–Crippen LogP) is 2.59. The Hall–Kier alpha value is -0.810. The van der Waals surface area contributed by atoms with E-state index in [1.165, 1.54) is 0 Å². The molecule has 5 heteroatoms. The summed E-state index contributed by atoms with van der Waals surface area (Å²) < 4.78 is 15.9. The summed E-state index contributed by atoms with van der Waals surface area (Å²) in [5, 5.41) is 2.63. The Labute approximate surface area is 117 Å². The van der Waals surface area contributed by atoms with Crippen molar-refractivity contribution < 1.29 is 19.0 Å². The lowest BCUT2D eigenvalue weighted by Crippen LogP contribution is -2.34. The van der Waals surface area contributed by atoms with Crippen LogP contribution in [0, 0.1) is 5.92 Å². The monoisotopic (exact) mass is 275 g/mol. The lowest BCUT2D eigenvalue weighted by Gasteiger charge is -2.19. The second kappa shape index (κ2) is 10.0. The van der Waals surface area contributed by atoms with Gasteiger partial charge in [-0.25, -0.2) is 4.79 Å². The van der Waals surface area contributed by atoms with Crippen LogP contribution in [-0.2, 0) is 14.2 Å². The van der Waals surface area contributed by atoms with Crippen LogP contribution in [0.4, 0.5) is 4.79 Å². The average Bonchev–Trinajstić information content (AvgIpc) is 2.29. The molecule has 0 spiro atoms. The maximum absolute atomic E-state index is 11.3. The Balaban J connectivity index is 3.30. The molecule has 1 amide bonds. The second-order valence-electron chi connectivity index (χ2n) is 5.63. The summed E-state index contributed by atoms with van der Waals surface area (Å²) >= 11 is 0. The van der Waals surface area contributed by atoms with Gasteiger partial charge in [0.2, 0.25) is 0 Å². The minimum Gasteiger partial charge on any atom is -0.444 e. The Kier molecular flexibility index (Phi) is 9.61. The van der Waals surface area contributed by atoms with Crippen molar-refractivity contribution in [1.29, 1.82) is 0 Å². The van der Waals surface area contributed by atoms with Gasteiger partial charge in [0.25, 0.3) is 0 Å². The molecule has 0 aliphatic rings. The molecular formula is C14H29NO4. The normalized spacial score (nSPS) is 13.1. The number of nitrogens with one attached hydrogen (secondary N) is 1. The zero-order valence-electron chi connectivity index (χ0n) is 13.0. The van der Waals surface area contributed by atoms with Crippen LogP contribution in [0.3, 0.4) is 0 Å². The summed E-state index contributed by atoms with van der Waals surface area (Å²) in [5.41, 5.74) is -0.464. The minimum atomic E-state index is -0.464. The lowest BCUT2D eigenvalue weighted by atomic mass is 10.1. The highest BCUT2D eigenvalue weighted by Crippen LogP contribution is 2.06. The van der Waals surface area contributed by atoms with Crippen molar-refractivity contribution in [1.82, 2.24) is 5.32 Å². The molecule has 1 N–H and O–H groups in total. The molecule has 0 radical (unpaired) electrons. The predicted molar refractivity (Wildman–Crippen MR) is 75.3 cm³/mol. The van der Waals surface area contributed by atoms with Gasteiger partial charge >= 0.3 is 6.09 Å². The first-order valence-corrected chi connectivity index (χ1v) is 6.97. The molecule has 0 saturated carbocycles. The molecule has 1 unspecified atom stereocenters. The molecule has 0 aliphatic heterocycles. The molecule has 19 heavy (non-hydrogen) atoms. The Morgan fingerprint density at radius 2 is 1.79 bits per heavy atom. The van der Waals surface area contributed by atoms with E-state index >= 15 is 0 Å². The van der Waals surface area contributed by atoms with Gasteiger partial charge in [-0.05, 0) is 26.7 Å². The Morgan fingerprint density at radius 1 is 1.16 bits per heavy atom. The SMILES string of the molecule is CCC(C)COCCOCCNC(=O)OC(C)(C)C. The third-order valence-corrected chi connectivity index (χ3v) is 2.39. The van der Waals surface area contributed by atoms with Gasteiger partial charge in [-0.1, -0.05) is 20.3 Å². The van der Waals surface area contributed by atoms with Crippen molar-refractivity contribution in [2.45, 2.75) is 46.6 Å². The molecule has 0 aromatic rings. The van der Waals surface area contributed by atoms with Gasteiger partial charge in [-0.15, -0.1) is 0 Å². The molecule has 0 saturated heterocycles. The quantitative estimate of drug-likeness (QED) is 0.657. The average molecular weight is 275 g/mol. The van der Waals surface area contributed by atoms with Crippen LogP contribution < -0.4 is 5.32 Å². The van der Waals surface area contributed by atoms with E-state index in [9.17, 15) is 4.79 Å². The van der Waals surface area contributed by atoms with Crippen molar-refractivity contribution >= 4 is 6.09 Å². The summed E-state index contributed by atoms with van der Waals surface area (Å²) in [6.07, 6.45) is 0.713. The van der Waals surface area contributed by atoms with E-state index in [2.05, 4.69) is 19.2 Å². The molecule has 0 fully saturated rings. The van der Waals surface area contributed by atoms with E-state index in [0.717, 1.165) is 13.0 Å². The zero-order chi connectivity index (χ0) is 14.7. The van der Waals surface area contributed by atoms with Crippen LogP contribution >= 0.6 is 0 Å². The van der Waals surface area contributed by atoms with E-state index in [1.807, 2.05) is 20.8 Å². The molecule has 0 bridgehead atoms. The molecule has 0 aliphatic carbocycles. The first-order valence-electron chi connectivity index (χ1n) is 6.97. The van der Waals surface area contributed by atoms with E-state index in [-0.39, 0.29) is 0 Å². The maximum Gasteiger partial charge on any atom is 0.407 e. The van der Waals surface area contributed by atoms with Crippen LogP contribution in [-0.4, -0.2) is 44.7 Å². The smallest absolute Gasteiger partial charge is 0.407 e. The summed E-state index contributed by atoms with van der Waals surface area (Å²) in [4.78, 5) is 11.3. The topological polar surface area (TPSA) is 56.8 Å². The Bertz CT molecular complexity index is 238. The Morgan fingerprint density at radius 3 is 2.37 bits per heavy atom. The van der Waals surface area contributed by atoms with Crippen molar-refractivity contribution in [3.8, 4) is 0 Å². The van der Waals surface area contributed by atoms with Gasteiger partial charge < -0.3 is 19.5 Å². The van der Waals surface area contributed by atoms with Crippen molar-refractivity contribution in [2.24, 2.45) is 5.92 Å². The fourth-order valence-electron chi connectivity index (χ4n) is 1.16. The van der Waals surface area contributed by atoms with Gasteiger partial charge in [0.1, 0.15) is 5.60 Å². The first-order chi connectivity index (χ1) is 8.85. The number of ether oxygens (including phenoxy) is 3. The third kappa shape index (κ3) is 13.4. The van der Waals surface area contributed by atoms with Gasteiger partial charge in [0.15, 0.2) is 0 Å². The number of hydrogen-bond acceptors (Lipinski definition) is 4. The number of amides is 1.